The summed E-state index contributed by atoms with van der Waals surface area (Å²) in [6, 6.07) is 6.72. The van der Waals surface area contributed by atoms with Gasteiger partial charge in [0.1, 0.15) is 11.9 Å². The quantitative estimate of drug-likeness (QED) is 0.439. The number of benzene rings is 1. The Labute approximate surface area is 134 Å². The normalized spacial score (nSPS) is 21.3. The number of nitrogens with zero attached hydrogens (tertiary/aromatic N) is 1. The van der Waals surface area contributed by atoms with Crippen molar-refractivity contribution in [2.75, 3.05) is 6.54 Å². The first kappa shape index (κ1) is 15.5. The van der Waals surface area contributed by atoms with E-state index in [0.717, 1.165) is 5.56 Å². The maximum atomic E-state index is 12.2. The zero-order valence-corrected chi connectivity index (χ0v) is 12.8. The largest absolute Gasteiger partial charge is 0.384 e. The van der Waals surface area contributed by atoms with Gasteiger partial charge in [0.05, 0.1) is 5.54 Å². The van der Waals surface area contributed by atoms with Gasteiger partial charge in [-0.3, -0.25) is 15.0 Å². The van der Waals surface area contributed by atoms with Crippen LogP contribution in [0, 0.1) is 5.41 Å². The van der Waals surface area contributed by atoms with Crippen LogP contribution in [0.4, 0.5) is 0 Å². The van der Waals surface area contributed by atoms with Gasteiger partial charge in [0.2, 0.25) is 11.8 Å². The van der Waals surface area contributed by atoms with E-state index in [1.165, 1.54) is 0 Å². The van der Waals surface area contributed by atoms with Crippen LogP contribution in [0.3, 0.4) is 0 Å². The molecule has 23 heavy (non-hydrogen) atoms. The number of likely N-dealkylation sites (tertiary alicyclic amines) is 1. The molecule has 0 aromatic heterocycles. The summed E-state index contributed by atoms with van der Waals surface area (Å²) < 4.78 is 0. The Morgan fingerprint density at radius 3 is 2.43 bits per heavy atom. The van der Waals surface area contributed by atoms with E-state index in [2.05, 4.69) is 5.32 Å². The van der Waals surface area contributed by atoms with Crippen molar-refractivity contribution >= 4 is 17.6 Å². The van der Waals surface area contributed by atoms with Gasteiger partial charge in [0, 0.05) is 18.7 Å². The molecule has 1 aliphatic heterocycles. The maximum absolute atomic E-state index is 12.2. The van der Waals surface area contributed by atoms with Crippen molar-refractivity contribution in [1.82, 2.24) is 10.2 Å². The van der Waals surface area contributed by atoms with Crippen LogP contribution in [0.2, 0.25) is 0 Å². The second-order valence-corrected chi connectivity index (χ2v) is 6.29. The molecule has 2 aliphatic rings. The Balaban J connectivity index is 1.53. The van der Waals surface area contributed by atoms with Crippen LogP contribution in [0.5, 0.6) is 0 Å². The second-order valence-electron chi connectivity index (χ2n) is 6.29. The molecule has 1 aromatic carbocycles. The standard InChI is InChI=1S/C16H21N5O2/c17-13(18)11-3-1-10(2-4-11)9-20-14(22)12-5-8-21(12)15(23)16(19)6-7-16/h1-4,12H,5-9,19H2,(H3,17,18)(H,20,22)/t12-/m0/s1. The molecule has 1 atom stereocenters. The van der Waals surface area contributed by atoms with E-state index < -0.39 is 11.6 Å². The maximum Gasteiger partial charge on any atom is 0.243 e. The number of hydrogen-bond acceptors (Lipinski definition) is 4. The van der Waals surface area contributed by atoms with E-state index in [4.69, 9.17) is 16.9 Å². The molecule has 6 N–H and O–H groups in total. The van der Waals surface area contributed by atoms with Crippen LogP contribution in [0.1, 0.15) is 30.4 Å². The third kappa shape index (κ3) is 3.05. The summed E-state index contributed by atoms with van der Waals surface area (Å²) in [5, 5.41) is 10.2. The minimum Gasteiger partial charge on any atom is -0.384 e. The molecule has 7 heteroatoms. The molecule has 0 unspecified atom stereocenters. The zero-order chi connectivity index (χ0) is 16.6. The fourth-order valence-corrected chi connectivity index (χ4v) is 2.65. The van der Waals surface area contributed by atoms with Gasteiger partial charge in [-0.05, 0) is 24.8 Å². The lowest BCUT2D eigenvalue weighted by Gasteiger charge is -2.41. The predicted molar refractivity (Wildman–Crippen MR) is 85.6 cm³/mol. The van der Waals surface area contributed by atoms with Gasteiger partial charge in [0.25, 0.3) is 0 Å². The summed E-state index contributed by atoms with van der Waals surface area (Å²) in [4.78, 5) is 26.0. The molecule has 7 nitrogen and oxygen atoms in total. The van der Waals surface area contributed by atoms with Crippen LogP contribution < -0.4 is 16.8 Å². The molecule has 0 radical (unpaired) electrons. The fourth-order valence-electron chi connectivity index (χ4n) is 2.65. The lowest BCUT2D eigenvalue weighted by molar-refractivity contribution is -0.149. The van der Waals surface area contributed by atoms with E-state index >= 15 is 0 Å². The summed E-state index contributed by atoms with van der Waals surface area (Å²) in [6.07, 6.45) is 2.09. The smallest absolute Gasteiger partial charge is 0.243 e. The number of nitrogen functional groups attached to an aromatic ring is 1. The minimum atomic E-state index is -0.721. The first-order valence-corrected chi connectivity index (χ1v) is 7.72. The summed E-state index contributed by atoms with van der Waals surface area (Å²) >= 11 is 0. The third-order valence-corrected chi connectivity index (χ3v) is 4.53. The van der Waals surface area contributed by atoms with Crippen LogP contribution in [0.25, 0.3) is 0 Å². The monoisotopic (exact) mass is 315 g/mol. The summed E-state index contributed by atoms with van der Waals surface area (Å²) in [5.41, 5.74) is 12.2. The van der Waals surface area contributed by atoms with Gasteiger partial charge in [-0.1, -0.05) is 24.3 Å². The second kappa shape index (κ2) is 5.66. The van der Waals surface area contributed by atoms with Crippen LogP contribution in [0.15, 0.2) is 24.3 Å². The highest BCUT2D eigenvalue weighted by molar-refractivity contribution is 5.95. The van der Waals surface area contributed by atoms with Gasteiger partial charge in [-0.2, -0.15) is 0 Å². The predicted octanol–water partition coefficient (Wildman–Crippen LogP) is -0.321. The summed E-state index contributed by atoms with van der Waals surface area (Å²) in [5.74, 6) is -0.237. The van der Waals surface area contributed by atoms with E-state index in [1.807, 2.05) is 12.1 Å². The molecule has 1 aromatic rings. The minimum absolute atomic E-state index is 0.0139. The first-order chi connectivity index (χ1) is 10.9. The van der Waals surface area contributed by atoms with Gasteiger partial charge < -0.3 is 21.7 Å². The highest BCUT2D eigenvalue weighted by Crippen LogP contribution is 2.36. The highest BCUT2D eigenvalue weighted by atomic mass is 16.2. The van der Waals surface area contributed by atoms with Crippen LogP contribution in [-0.2, 0) is 16.1 Å². The number of carbonyl (C=O) groups is 2. The van der Waals surface area contributed by atoms with Crippen molar-refractivity contribution in [2.45, 2.75) is 37.4 Å². The molecule has 1 aliphatic carbocycles. The van der Waals surface area contributed by atoms with Crippen molar-refractivity contribution in [3.05, 3.63) is 35.4 Å². The molecule has 1 heterocycles. The molecule has 2 fully saturated rings. The Kier molecular flexibility index (Phi) is 3.81. The van der Waals surface area contributed by atoms with E-state index in [1.54, 1.807) is 17.0 Å². The highest BCUT2D eigenvalue weighted by Gasteiger charge is 2.52. The third-order valence-electron chi connectivity index (χ3n) is 4.53. The molecular weight excluding hydrogens is 294 g/mol. The average molecular weight is 315 g/mol. The Morgan fingerprint density at radius 2 is 1.96 bits per heavy atom. The van der Waals surface area contributed by atoms with Crippen molar-refractivity contribution < 1.29 is 9.59 Å². The van der Waals surface area contributed by atoms with Crippen molar-refractivity contribution in [1.29, 1.82) is 5.41 Å². The topological polar surface area (TPSA) is 125 Å². The van der Waals surface area contributed by atoms with Gasteiger partial charge in [-0.15, -0.1) is 0 Å². The zero-order valence-electron chi connectivity index (χ0n) is 12.8. The number of nitrogens with two attached hydrogens (primary N) is 2. The Bertz CT molecular complexity index is 651. The molecular formula is C16H21N5O2. The number of amides is 2. The molecule has 1 saturated carbocycles. The lowest BCUT2D eigenvalue weighted by Crippen LogP contribution is -2.62. The van der Waals surface area contributed by atoms with Gasteiger partial charge >= 0.3 is 0 Å². The summed E-state index contributed by atoms with van der Waals surface area (Å²) in [6.45, 7) is 0.979. The Hall–Kier alpha value is -2.41. The molecule has 3 rings (SSSR count). The molecule has 2 amide bonds. The molecule has 1 saturated heterocycles. The number of hydrogen-bond donors (Lipinski definition) is 4. The molecule has 0 spiro atoms. The van der Waals surface area contributed by atoms with Crippen molar-refractivity contribution in [3.8, 4) is 0 Å². The van der Waals surface area contributed by atoms with E-state index in [0.29, 0.717) is 37.9 Å². The average Bonchev–Trinajstić information content (AvgIpc) is 3.23. The molecule has 0 bridgehead atoms. The van der Waals surface area contributed by atoms with Crippen molar-refractivity contribution in [2.24, 2.45) is 11.5 Å². The number of amidine groups is 1. The lowest BCUT2D eigenvalue weighted by atomic mass is 10.00. The Morgan fingerprint density at radius 1 is 1.30 bits per heavy atom. The summed E-state index contributed by atoms with van der Waals surface area (Å²) in [7, 11) is 0. The molecule has 122 valence electrons. The number of rotatable bonds is 5. The first-order valence-electron chi connectivity index (χ1n) is 7.72. The SMILES string of the molecule is N=C(N)c1ccc(CNC(=O)[C@@H]2CCN2C(=O)C2(N)CC2)cc1. The van der Waals surface area contributed by atoms with E-state index in [-0.39, 0.29) is 17.6 Å². The van der Waals surface area contributed by atoms with Gasteiger partial charge in [-0.25, -0.2) is 0 Å². The van der Waals surface area contributed by atoms with Gasteiger partial charge in [0.15, 0.2) is 0 Å². The van der Waals surface area contributed by atoms with Crippen LogP contribution >= 0.6 is 0 Å². The van der Waals surface area contributed by atoms with E-state index in [9.17, 15) is 9.59 Å². The van der Waals surface area contributed by atoms with Crippen molar-refractivity contribution in [3.63, 3.8) is 0 Å². The number of carbonyl (C=O) groups excluding carboxylic acids is 2. The number of nitrogens with one attached hydrogen (secondary N) is 2. The fraction of sp³-hybridized carbons (Fsp3) is 0.438. The van der Waals surface area contributed by atoms with Crippen LogP contribution in [-0.4, -0.2) is 40.7 Å².